The number of nitrogens with one attached hydrogen (secondary N) is 3. The topological polar surface area (TPSA) is 148 Å². The van der Waals surface area contributed by atoms with Crippen molar-refractivity contribution in [1.82, 2.24) is 29.5 Å². The Kier molecular flexibility index (Phi) is 6.02. The predicted molar refractivity (Wildman–Crippen MR) is 133 cm³/mol. The SMILES string of the molecule is CC(C)(CO)CNC(=O)c1cnc2c3c(c(Nc4cccn(-c5ccccn5)c4=O)nn12)OCCN3. The second kappa shape index (κ2) is 9.30. The number of hydrogen-bond donors (Lipinski definition) is 4. The number of hydrogen-bond acceptors (Lipinski definition) is 9. The van der Waals surface area contributed by atoms with Crippen LogP contribution >= 0.6 is 0 Å². The molecule has 1 amide bonds. The molecule has 5 heterocycles. The molecule has 5 rings (SSSR count). The second-order valence-corrected chi connectivity index (χ2v) is 9.12. The Hall–Kier alpha value is -4.45. The molecule has 1 aliphatic heterocycles. The minimum atomic E-state index is -0.480. The highest BCUT2D eigenvalue weighted by molar-refractivity contribution is 5.94. The largest absolute Gasteiger partial charge is 0.486 e. The maximum absolute atomic E-state index is 13.2. The minimum absolute atomic E-state index is 0.0748. The van der Waals surface area contributed by atoms with Crippen LogP contribution in [0.3, 0.4) is 0 Å². The molecule has 0 atom stereocenters. The highest BCUT2D eigenvalue weighted by Gasteiger charge is 2.26. The van der Waals surface area contributed by atoms with Crippen LogP contribution in [0.4, 0.5) is 17.2 Å². The zero-order valence-electron chi connectivity index (χ0n) is 19.9. The summed E-state index contributed by atoms with van der Waals surface area (Å²) in [6.07, 6.45) is 4.67. The van der Waals surface area contributed by atoms with Crippen molar-refractivity contribution in [3.8, 4) is 11.6 Å². The van der Waals surface area contributed by atoms with Gasteiger partial charge < -0.3 is 25.8 Å². The van der Waals surface area contributed by atoms with Gasteiger partial charge >= 0.3 is 0 Å². The molecule has 0 aliphatic carbocycles. The number of anilines is 3. The van der Waals surface area contributed by atoms with Crippen molar-refractivity contribution >= 4 is 28.7 Å². The standard InChI is InChI=1S/C24H26N8O4/c1-24(2,14-33)13-28-22(34)16-12-27-21-18-19(36-11-9-26-18)20(30-32(16)21)29-15-6-5-10-31(23(15)35)17-7-3-4-8-25-17/h3-8,10,12,26,33H,9,11,13-14H2,1-2H3,(H,28,34)(H,29,30). The number of ether oxygens (including phenoxy) is 1. The van der Waals surface area contributed by atoms with Crippen LogP contribution in [0.5, 0.6) is 5.75 Å². The second-order valence-electron chi connectivity index (χ2n) is 9.12. The Morgan fingerprint density at radius 1 is 1.25 bits per heavy atom. The first-order valence-corrected chi connectivity index (χ1v) is 11.5. The molecular weight excluding hydrogens is 464 g/mol. The Morgan fingerprint density at radius 2 is 2.11 bits per heavy atom. The molecule has 4 N–H and O–H groups in total. The first-order chi connectivity index (χ1) is 17.4. The average molecular weight is 491 g/mol. The van der Waals surface area contributed by atoms with Crippen molar-refractivity contribution in [2.45, 2.75) is 13.8 Å². The third-order valence-electron chi connectivity index (χ3n) is 5.74. The van der Waals surface area contributed by atoms with Gasteiger partial charge in [-0.2, -0.15) is 0 Å². The quantitative estimate of drug-likeness (QED) is 0.303. The van der Waals surface area contributed by atoms with E-state index in [0.29, 0.717) is 36.1 Å². The van der Waals surface area contributed by atoms with Crippen molar-refractivity contribution in [2.24, 2.45) is 5.41 Å². The number of amides is 1. The molecule has 12 heteroatoms. The van der Waals surface area contributed by atoms with Crippen LogP contribution in [0.2, 0.25) is 0 Å². The minimum Gasteiger partial charge on any atom is -0.486 e. The third-order valence-corrected chi connectivity index (χ3v) is 5.74. The van der Waals surface area contributed by atoms with E-state index in [2.05, 4.69) is 31.0 Å². The van der Waals surface area contributed by atoms with Crippen LogP contribution in [-0.4, -0.2) is 61.5 Å². The molecule has 0 fully saturated rings. The van der Waals surface area contributed by atoms with Crippen LogP contribution < -0.4 is 26.2 Å². The first-order valence-electron chi connectivity index (χ1n) is 11.5. The summed E-state index contributed by atoms with van der Waals surface area (Å²) < 4.78 is 8.70. The van der Waals surface area contributed by atoms with Crippen LogP contribution in [0.15, 0.2) is 53.7 Å². The Morgan fingerprint density at radius 3 is 2.89 bits per heavy atom. The molecule has 186 valence electrons. The van der Waals surface area contributed by atoms with Gasteiger partial charge in [0.15, 0.2) is 22.9 Å². The van der Waals surface area contributed by atoms with Crippen molar-refractivity contribution in [1.29, 1.82) is 0 Å². The molecule has 0 saturated heterocycles. The highest BCUT2D eigenvalue weighted by atomic mass is 16.5. The number of aliphatic hydroxyl groups is 1. The summed E-state index contributed by atoms with van der Waals surface area (Å²) in [6, 6.07) is 8.67. The fourth-order valence-corrected chi connectivity index (χ4v) is 3.71. The van der Waals surface area contributed by atoms with Crippen LogP contribution in [0.1, 0.15) is 24.3 Å². The summed E-state index contributed by atoms with van der Waals surface area (Å²) in [6.45, 7) is 4.83. The van der Waals surface area contributed by atoms with Crippen molar-refractivity contribution in [3.05, 3.63) is 65.0 Å². The number of aliphatic hydroxyl groups excluding tert-OH is 1. The molecule has 1 aliphatic rings. The average Bonchev–Trinajstić information content (AvgIpc) is 3.33. The maximum Gasteiger partial charge on any atom is 0.279 e. The molecule has 4 aromatic heterocycles. The van der Waals surface area contributed by atoms with Gasteiger partial charge in [0.1, 0.15) is 23.8 Å². The predicted octanol–water partition coefficient (Wildman–Crippen LogP) is 1.57. The highest BCUT2D eigenvalue weighted by Crippen LogP contribution is 2.38. The molecule has 0 unspecified atom stereocenters. The lowest BCUT2D eigenvalue weighted by Gasteiger charge is -2.23. The molecule has 0 aromatic carbocycles. The number of carbonyl (C=O) groups is 1. The zero-order valence-corrected chi connectivity index (χ0v) is 19.9. The molecule has 0 saturated carbocycles. The summed E-state index contributed by atoms with van der Waals surface area (Å²) in [5, 5.41) is 23.2. The van der Waals surface area contributed by atoms with Gasteiger partial charge in [-0.05, 0) is 24.3 Å². The number of carbonyl (C=O) groups excluding carboxylic acids is 1. The van der Waals surface area contributed by atoms with Gasteiger partial charge in [-0.3, -0.25) is 14.2 Å². The lowest BCUT2D eigenvalue weighted by Crippen LogP contribution is -2.36. The number of imidazole rings is 1. The molecule has 12 nitrogen and oxygen atoms in total. The van der Waals surface area contributed by atoms with E-state index in [0.717, 1.165) is 0 Å². The van der Waals surface area contributed by atoms with Gasteiger partial charge in [0, 0.05) is 37.5 Å². The summed E-state index contributed by atoms with van der Waals surface area (Å²) in [5.74, 6) is 0.744. The van der Waals surface area contributed by atoms with E-state index >= 15 is 0 Å². The summed E-state index contributed by atoms with van der Waals surface area (Å²) in [5.41, 5.74) is 0.630. The van der Waals surface area contributed by atoms with E-state index in [-0.39, 0.29) is 35.9 Å². The molecule has 0 spiro atoms. The number of rotatable bonds is 7. The fourth-order valence-electron chi connectivity index (χ4n) is 3.71. The molecular formula is C24H26N8O4. The number of pyridine rings is 2. The van der Waals surface area contributed by atoms with Crippen LogP contribution in [0, 0.1) is 5.41 Å². The van der Waals surface area contributed by atoms with Crippen molar-refractivity contribution in [2.75, 3.05) is 36.9 Å². The van der Waals surface area contributed by atoms with Gasteiger partial charge in [-0.15, -0.1) is 5.10 Å². The van der Waals surface area contributed by atoms with E-state index in [1.165, 1.54) is 15.3 Å². The van der Waals surface area contributed by atoms with E-state index in [1.807, 2.05) is 13.8 Å². The molecule has 0 radical (unpaired) electrons. The van der Waals surface area contributed by atoms with E-state index < -0.39 is 11.3 Å². The summed E-state index contributed by atoms with van der Waals surface area (Å²) in [7, 11) is 0. The smallest absolute Gasteiger partial charge is 0.279 e. The van der Waals surface area contributed by atoms with Crippen molar-refractivity contribution < 1.29 is 14.6 Å². The normalized spacial score (nSPS) is 13.0. The monoisotopic (exact) mass is 490 g/mol. The van der Waals surface area contributed by atoms with E-state index in [4.69, 9.17) is 4.74 Å². The maximum atomic E-state index is 13.2. The van der Waals surface area contributed by atoms with Gasteiger partial charge in [-0.25, -0.2) is 14.5 Å². The molecule has 0 bridgehead atoms. The summed E-state index contributed by atoms with van der Waals surface area (Å²) in [4.78, 5) is 34.8. The number of nitrogens with zero attached hydrogens (tertiary/aromatic N) is 5. The summed E-state index contributed by atoms with van der Waals surface area (Å²) >= 11 is 0. The lowest BCUT2D eigenvalue weighted by molar-refractivity contribution is 0.0904. The molecule has 36 heavy (non-hydrogen) atoms. The number of aromatic nitrogens is 5. The van der Waals surface area contributed by atoms with Crippen LogP contribution in [-0.2, 0) is 0 Å². The van der Waals surface area contributed by atoms with Gasteiger partial charge in [-0.1, -0.05) is 19.9 Å². The van der Waals surface area contributed by atoms with Crippen LogP contribution in [0.25, 0.3) is 11.5 Å². The third kappa shape index (κ3) is 4.33. The Balaban J connectivity index is 1.55. The molecule has 4 aromatic rings. The Bertz CT molecular complexity index is 1480. The van der Waals surface area contributed by atoms with E-state index in [1.54, 1.807) is 42.7 Å². The first kappa shape index (κ1) is 23.3. The Labute approximate surface area is 206 Å². The van der Waals surface area contributed by atoms with Gasteiger partial charge in [0.25, 0.3) is 11.5 Å². The lowest BCUT2D eigenvalue weighted by atomic mass is 9.95. The fraction of sp³-hybridized carbons (Fsp3) is 0.292. The van der Waals surface area contributed by atoms with Gasteiger partial charge in [0.2, 0.25) is 0 Å². The van der Waals surface area contributed by atoms with Gasteiger partial charge in [0.05, 0.1) is 6.20 Å². The number of fused-ring (bicyclic) bond motifs is 3. The van der Waals surface area contributed by atoms with E-state index in [9.17, 15) is 14.7 Å². The zero-order chi connectivity index (χ0) is 25.3. The van der Waals surface area contributed by atoms with Crippen molar-refractivity contribution in [3.63, 3.8) is 0 Å².